The molecule has 0 bridgehead atoms. The highest BCUT2D eigenvalue weighted by Gasteiger charge is 2.21. The summed E-state index contributed by atoms with van der Waals surface area (Å²) in [5, 5.41) is 3.06. The van der Waals surface area contributed by atoms with Crippen LogP contribution in [0.3, 0.4) is 0 Å². The van der Waals surface area contributed by atoms with Crippen LogP contribution >= 0.6 is 15.9 Å². The molecule has 0 amide bonds. The Labute approximate surface area is 139 Å². The maximum Gasteiger partial charge on any atom is 0.244 e. The van der Waals surface area contributed by atoms with Crippen LogP contribution in [0.2, 0.25) is 0 Å². The molecule has 22 heavy (non-hydrogen) atoms. The van der Waals surface area contributed by atoms with Crippen molar-refractivity contribution in [2.24, 2.45) is 0 Å². The lowest BCUT2D eigenvalue weighted by atomic mass is 10.3. The zero-order chi connectivity index (χ0) is 16.6. The topological polar surface area (TPSA) is 85.9 Å². The van der Waals surface area contributed by atoms with Crippen molar-refractivity contribution in [2.45, 2.75) is 4.90 Å². The van der Waals surface area contributed by atoms with Crippen molar-refractivity contribution in [1.29, 1.82) is 0 Å². The second-order valence-electron chi connectivity index (χ2n) is 4.28. The minimum absolute atomic E-state index is 0.0552. The maximum atomic E-state index is 12.3. The third-order valence-electron chi connectivity index (χ3n) is 2.80. The van der Waals surface area contributed by atoms with Crippen LogP contribution in [0, 0.1) is 0 Å². The molecule has 2 N–H and O–H groups in total. The number of benzene rings is 1. The Morgan fingerprint density at radius 2 is 1.73 bits per heavy atom. The molecule has 0 saturated carbocycles. The predicted molar refractivity (Wildman–Crippen MR) is 87.2 cm³/mol. The van der Waals surface area contributed by atoms with Gasteiger partial charge < -0.3 is 19.5 Å². The summed E-state index contributed by atoms with van der Waals surface area (Å²) in [5.41, 5.74) is 0. The number of sulfonamides is 1. The van der Waals surface area contributed by atoms with E-state index < -0.39 is 10.0 Å². The van der Waals surface area contributed by atoms with Crippen LogP contribution in [0.5, 0.6) is 11.5 Å². The fourth-order valence-corrected chi connectivity index (χ4v) is 3.56. The van der Waals surface area contributed by atoms with Crippen LogP contribution in [0.15, 0.2) is 21.5 Å². The average molecular weight is 397 g/mol. The number of methoxy groups -OCH3 is 3. The first-order chi connectivity index (χ1) is 10.5. The smallest absolute Gasteiger partial charge is 0.244 e. The molecule has 0 aliphatic heterocycles. The monoisotopic (exact) mass is 396 g/mol. The van der Waals surface area contributed by atoms with Gasteiger partial charge in [0, 0.05) is 32.8 Å². The molecule has 7 nitrogen and oxygen atoms in total. The predicted octanol–water partition coefficient (Wildman–Crippen LogP) is 0.981. The number of hydrogen-bond donors (Lipinski definition) is 2. The van der Waals surface area contributed by atoms with Crippen LogP contribution in [-0.4, -0.2) is 56.0 Å². The molecular weight excluding hydrogens is 376 g/mol. The molecule has 0 aliphatic rings. The van der Waals surface area contributed by atoms with Gasteiger partial charge in [-0.15, -0.1) is 0 Å². The highest BCUT2D eigenvalue weighted by molar-refractivity contribution is 9.10. The molecule has 9 heteroatoms. The van der Waals surface area contributed by atoms with Gasteiger partial charge in [0.25, 0.3) is 0 Å². The SMILES string of the molecule is COCCNCCNS(=O)(=O)c1cc(Br)c(OC)cc1OC. The normalized spacial score (nSPS) is 11.5. The number of nitrogens with one attached hydrogen (secondary N) is 2. The van der Waals surface area contributed by atoms with Gasteiger partial charge in [-0.25, -0.2) is 13.1 Å². The van der Waals surface area contributed by atoms with E-state index in [1.807, 2.05) is 0 Å². The molecule has 0 fully saturated rings. The van der Waals surface area contributed by atoms with Gasteiger partial charge in [0.1, 0.15) is 16.4 Å². The van der Waals surface area contributed by atoms with E-state index >= 15 is 0 Å². The lowest BCUT2D eigenvalue weighted by molar-refractivity contribution is 0.199. The quantitative estimate of drug-likeness (QED) is 0.573. The lowest BCUT2D eigenvalue weighted by Gasteiger charge is -2.13. The largest absolute Gasteiger partial charge is 0.495 e. The summed E-state index contributed by atoms with van der Waals surface area (Å²) in [4.78, 5) is 0.0552. The van der Waals surface area contributed by atoms with Crippen molar-refractivity contribution in [3.05, 3.63) is 16.6 Å². The van der Waals surface area contributed by atoms with Crippen LogP contribution in [0.25, 0.3) is 0 Å². The Morgan fingerprint density at radius 3 is 2.32 bits per heavy atom. The first-order valence-corrected chi connectivity index (χ1v) is 8.84. The lowest BCUT2D eigenvalue weighted by Crippen LogP contribution is -2.33. The Morgan fingerprint density at radius 1 is 1.05 bits per heavy atom. The van der Waals surface area contributed by atoms with Gasteiger partial charge in [-0.1, -0.05) is 0 Å². The highest BCUT2D eigenvalue weighted by Crippen LogP contribution is 2.35. The van der Waals surface area contributed by atoms with Gasteiger partial charge >= 0.3 is 0 Å². The van der Waals surface area contributed by atoms with E-state index in [1.54, 1.807) is 7.11 Å². The molecule has 0 radical (unpaired) electrons. The van der Waals surface area contributed by atoms with Crippen LogP contribution in [0.1, 0.15) is 0 Å². The first-order valence-electron chi connectivity index (χ1n) is 6.57. The molecule has 0 aliphatic carbocycles. The molecule has 1 rings (SSSR count). The third-order valence-corrected chi connectivity index (χ3v) is 4.91. The molecule has 1 aromatic rings. The Balaban J connectivity index is 2.78. The van der Waals surface area contributed by atoms with E-state index in [9.17, 15) is 8.42 Å². The molecule has 1 aromatic carbocycles. The Kier molecular flexibility index (Phi) is 8.12. The molecule has 0 unspecified atom stereocenters. The summed E-state index contributed by atoms with van der Waals surface area (Å²) >= 11 is 3.27. The highest BCUT2D eigenvalue weighted by atomic mass is 79.9. The summed E-state index contributed by atoms with van der Waals surface area (Å²) in [6.07, 6.45) is 0. The molecule has 0 aromatic heterocycles. The van der Waals surface area contributed by atoms with Crippen molar-refractivity contribution >= 4 is 26.0 Å². The van der Waals surface area contributed by atoms with Gasteiger partial charge in [-0.2, -0.15) is 0 Å². The zero-order valence-corrected chi connectivity index (χ0v) is 15.2. The average Bonchev–Trinajstić information content (AvgIpc) is 2.50. The van der Waals surface area contributed by atoms with E-state index in [1.165, 1.54) is 26.4 Å². The minimum atomic E-state index is -3.68. The van der Waals surface area contributed by atoms with E-state index in [-0.39, 0.29) is 17.2 Å². The molecule has 0 saturated heterocycles. The summed E-state index contributed by atoms with van der Waals surface area (Å²) in [6, 6.07) is 2.98. The maximum absolute atomic E-state index is 12.3. The Hall–Kier alpha value is -0.870. The number of hydrogen-bond acceptors (Lipinski definition) is 6. The summed E-state index contributed by atoms with van der Waals surface area (Å²) < 4.78 is 42.9. The van der Waals surface area contributed by atoms with E-state index in [0.29, 0.717) is 29.9 Å². The van der Waals surface area contributed by atoms with Crippen LogP contribution in [-0.2, 0) is 14.8 Å². The zero-order valence-electron chi connectivity index (χ0n) is 12.8. The van der Waals surface area contributed by atoms with Crippen LogP contribution < -0.4 is 19.5 Å². The molecule has 126 valence electrons. The Bertz CT molecular complexity index is 580. The number of halogens is 1. The van der Waals surface area contributed by atoms with Crippen LogP contribution in [0.4, 0.5) is 0 Å². The summed E-state index contributed by atoms with van der Waals surface area (Å²) in [6.45, 7) is 2.00. The fourth-order valence-electron chi connectivity index (χ4n) is 1.69. The molecule has 0 heterocycles. The second kappa shape index (κ2) is 9.31. The summed E-state index contributed by atoms with van der Waals surface area (Å²) in [7, 11) is 0.843. The second-order valence-corrected chi connectivity index (χ2v) is 6.87. The van der Waals surface area contributed by atoms with Gasteiger partial charge in [-0.3, -0.25) is 0 Å². The minimum Gasteiger partial charge on any atom is -0.495 e. The summed E-state index contributed by atoms with van der Waals surface area (Å²) in [5.74, 6) is 0.719. The van der Waals surface area contributed by atoms with E-state index in [2.05, 4.69) is 26.0 Å². The van der Waals surface area contributed by atoms with E-state index in [4.69, 9.17) is 14.2 Å². The van der Waals surface area contributed by atoms with Gasteiger partial charge in [-0.05, 0) is 22.0 Å². The van der Waals surface area contributed by atoms with Gasteiger partial charge in [0.15, 0.2) is 0 Å². The van der Waals surface area contributed by atoms with Gasteiger partial charge in [0.2, 0.25) is 10.0 Å². The van der Waals surface area contributed by atoms with Crippen molar-refractivity contribution in [3.63, 3.8) is 0 Å². The number of rotatable bonds is 10. The first kappa shape index (κ1) is 19.2. The van der Waals surface area contributed by atoms with E-state index in [0.717, 1.165) is 0 Å². The van der Waals surface area contributed by atoms with Crippen molar-refractivity contribution in [3.8, 4) is 11.5 Å². The number of ether oxygens (including phenoxy) is 3. The molecular formula is C13H21BrN2O5S. The molecule has 0 spiro atoms. The standard InChI is InChI=1S/C13H21BrN2O5S/c1-19-7-6-15-4-5-16-22(17,18)13-8-10(14)11(20-2)9-12(13)21-3/h8-9,15-16H,4-7H2,1-3H3. The van der Waals surface area contributed by atoms with Crippen molar-refractivity contribution in [2.75, 3.05) is 47.6 Å². The molecule has 0 atom stereocenters. The van der Waals surface area contributed by atoms with Gasteiger partial charge in [0.05, 0.1) is 25.3 Å². The van der Waals surface area contributed by atoms with Crippen molar-refractivity contribution < 1.29 is 22.6 Å². The fraction of sp³-hybridized carbons (Fsp3) is 0.538. The third kappa shape index (κ3) is 5.40. The van der Waals surface area contributed by atoms with Crippen molar-refractivity contribution in [1.82, 2.24) is 10.0 Å².